The van der Waals surface area contributed by atoms with Crippen molar-refractivity contribution in [2.24, 2.45) is 10.9 Å². The number of nitrogens with one attached hydrogen (secondary N) is 1. The molecule has 1 aliphatic rings. The molecule has 1 aromatic heterocycles. The van der Waals surface area contributed by atoms with E-state index in [-0.39, 0.29) is 0 Å². The molecule has 0 amide bonds. The number of rotatable bonds is 7. The molecule has 1 fully saturated rings. The Morgan fingerprint density at radius 3 is 3.00 bits per heavy atom. The van der Waals surface area contributed by atoms with Crippen LogP contribution in [0.2, 0.25) is 5.02 Å². The van der Waals surface area contributed by atoms with Gasteiger partial charge < -0.3 is 19.4 Å². The van der Waals surface area contributed by atoms with E-state index in [4.69, 9.17) is 25.7 Å². The molecule has 3 rings (SSSR count). The fourth-order valence-corrected chi connectivity index (χ4v) is 3.20. The third-order valence-electron chi connectivity index (χ3n) is 4.43. The second kappa shape index (κ2) is 9.64. The molecular formula is C20H26ClN3O2. The monoisotopic (exact) mass is 375 g/mol. The predicted molar refractivity (Wildman–Crippen MR) is 105 cm³/mol. The number of halogens is 1. The Bertz CT molecular complexity index is 697. The van der Waals surface area contributed by atoms with Gasteiger partial charge in [0.15, 0.2) is 5.96 Å². The molecule has 0 aliphatic carbocycles. The second-order valence-corrected chi connectivity index (χ2v) is 7.07. The molecule has 0 bridgehead atoms. The van der Waals surface area contributed by atoms with Crippen molar-refractivity contribution in [1.29, 1.82) is 0 Å². The minimum atomic E-state index is 0.511. The maximum atomic E-state index is 6.11. The van der Waals surface area contributed by atoms with Crippen molar-refractivity contribution in [3.05, 3.63) is 59.0 Å². The minimum absolute atomic E-state index is 0.511. The topological polar surface area (TPSA) is 50.0 Å². The average molecular weight is 376 g/mol. The first-order valence-electron chi connectivity index (χ1n) is 9.05. The summed E-state index contributed by atoms with van der Waals surface area (Å²) in [5.74, 6) is 2.37. The summed E-state index contributed by atoms with van der Waals surface area (Å²) in [5.41, 5.74) is 1.16. The van der Waals surface area contributed by atoms with Crippen LogP contribution in [0.4, 0.5) is 0 Å². The molecule has 1 atom stereocenters. The van der Waals surface area contributed by atoms with Crippen molar-refractivity contribution in [3.63, 3.8) is 0 Å². The van der Waals surface area contributed by atoms with Gasteiger partial charge in [-0.3, -0.25) is 4.99 Å². The smallest absolute Gasteiger partial charge is 0.193 e. The minimum Gasteiger partial charge on any atom is -0.469 e. The van der Waals surface area contributed by atoms with E-state index < -0.39 is 0 Å². The number of hydrogen-bond acceptors (Lipinski definition) is 3. The summed E-state index contributed by atoms with van der Waals surface area (Å²) in [4.78, 5) is 6.96. The lowest BCUT2D eigenvalue weighted by atomic mass is 10.1. The van der Waals surface area contributed by atoms with Gasteiger partial charge in [-0.25, -0.2) is 0 Å². The van der Waals surface area contributed by atoms with Crippen LogP contribution in [-0.4, -0.2) is 44.2 Å². The number of benzene rings is 1. The van der Waals surface area contributed by atoms with E-state index in [2.05, 4.69) is 16.3 Å². The van der Waals surface area contributed by atoms with Gasteiger partial charge >= 0.3 is 0 Å². The first-order valence-corrected chi connectivity index (χ1v) is 9.42. The summed E-state index contributed by atoms with van der Waals surface area (Å²) in [6, 6.07) is 11.8. The highest BCUT2D eigenvalue weighted by Gasteiger charge is 2.16. The van der Waals surface area contributed by atoms with E-state index >= 15 is 0 Å². The Balaban J connectivity index is 1.60. The third-order valence-corrected chi connectivity index (χ3v) is 4.66. The lowest BCUT2D eigenvalue weighted by Gasteiger charge is -2.23. The Labute approximate surface area is 160 Å². The maximum absolute atomic E-state index is 6.11. The Kier molecular flexibility index (Phi) is 6.97. The Morgan fingerprint density at radius 1 is 1.35 bits per heavy atom. The molecule has 1 saturated heterocycles. The van der Waals surface area contributed by atoms with E-state index in [0.717, 1.165) is 68.0 Å². The summed E-state index contributed by atoms with van der Waals surface area (Å²) >= 11 is 6.11. The lowest BCUT2D eigenvalue weighted by molar-refractivity contribution is 0.187. The Hall–Kier alpha value is -1.98. The Morgan fingerprint density at radius 2 is 2.27 bits per heavy atom. The SMILES string of the molecule is CN(Cc1cccc(Cl)c1)C(=NCC1CCOC1)NCCc1ccco1. The van der Waals surface area contributed by atoms with Crippen LogP contribution in [0.25, 0.3) is 0 Å². The summed E-state index contributed by atoms with van der Waals surface area (Å²) in [6.45, 7) is 3.95. The van der Waals surface area contributed by atoms with Gasteiger partial charge in [0.25, 0.3) is 0 Å². The van der Waals surface area contributed by atoms with Crippen LogP contribution in [0.1, 0.15) is 17.7 Å². The quantitative estimate of drug-likeness (QED) is 0.593. The molecule has 2 heterocycles. The summed E-state index contributed by atoms with van der Waals surface area (Å²) < 4.78 is 10.9. The zero-order valence-electron chi connectivity index (χ0n) is 15.2. The molecule has 0 spiro atoms. The fourth-order valence-electron chi connectivity index (χ4n) is 2.99. The molecule has 26 heavy (non-hydrogen) atoms. The van der Waals surface area contributed by atoms with Crippen LogP contribution < -0.4 is 5.32 Å². The highest BCUT2D eigenvalue weighted by Crippen LogP contribution is 2.14. The molecule has 1 unspecified atom stereocenters. The number of nitrogens with zero attached hydrogens (tertiary/aromatic N) is 2. The summed E-state index contributed by atoms with van der Waals surface area (Å²) in [6.07, 6.45) is 3.61. The molecule has 5 nitrogen and oxygen atoms in total. The molecule has 0 radical (unpaired) electrons. The predicted octanol–water partition coefficient (Wildman–Crippen LogP) is 3.59. The molecule has 1 aromatic carbocycles. The standard InChI is InChI=1S/C20H26ClN3O2/c1-24(14-16-4-2-5-18(21)12-16)20(23-13-17-8-11-25-15-17)22-9-7-19-6-3-10-26-19/h2-6,10,12,17H,7-9,11,13-15H2,1H3,(H,22,23). The lowest BCUT2D eigenvalue weighted by Crippen LogP contribution is -2.40. The van der Waals surface area contributed by atoms with Crippen molar-refractivity contribution >= 4 is 17.6 Å². The number of furan rings is 1. The molecule has 1 aliphatic heterocycles. The van der Waals surface area contributed by atoms with Gasteiger partial charge in [0.05, 0.1) is 12.9 Å². The van der Waals surface area contributed by atoms with Gasteiger partial charge in [0.1, 0.15) is 5.76 Å². The largest absolute Gasteiger partial charge is 0.469 e. The molecule has 140 valence electrons. The number of ether oxygens (including phenoxy) is 1. The van der Waals surface area contributed by atoms with Crippen LogP contribution in [0.15, 0.2) is 52.1 Å². The van der Waals surface area contributed by atoms with Crippen molar-refractivity contribution in [2.75, 3.05) is 33.4 Å². The van der Waals surface area contributed by atoms with Gasteiger partial charge in [0, 0.05) is 50.7 Å². The van der Waals surface area contributed by atoms with Crippen molar-refractivity contribution in [2.45, 2.75) is 19.4 Å². The number of guanidine groups is 1. The van der Waals surface area contributed by atoms with E-state index in [0.29, 0.717) is 5.92 Å². The third kappa shape index (κ3) is 5.78. The first kappa shape index (κ1) is 18.8. The van der Waals surface area contributed by atoms with E-state index in [9.17, 15) is 0 Å². The zero-order valence-corrected chi connectivity index (χ0v) is 15.9. The van der Waals surface area contributed by atoms with Crippen molar-refractivity contribution in [1.82, 2.24) is 10.2 Å². The van der Waals surface area contributed by atoms with E-state index in [1.54, 1.807) is 6.26 Å². The number of hydrogen-bond donors (Lipinski definition) is 1. The van der Waals surface area contributed by atoms with Gasteiger partial charge in [-0.1, -0.05) is 23.7 Å². The van der Waals surface area contributed by atoms with Crippen molar-refractivity contribution in [3.8, 4) is 0 Å². The van der Waals surface area contributed by atoms with Crippen LogP contribution in [0.3, 0.4) is 0 Å². The van der Waals surface area contributed by atoms with Crippen LogP contribution >= 0.6 is 11.6 Å². The first-order chi connectivity index (χ1) is 12.7. The molecule has 6 heteroatoms. The fraction of sp³-hybridized carbons (Fsp3) is 0.450. The zero-order chi connectivity index (χ0) is 18.2. The highest BCUT2D eigenvalue weighted by molar-refractivity contribution is 6.30. The molecule has 2 aromatic rings. The van der Waals surface area contributed by atoms with E-state index in [1.807, 2.05) is 37.4 Å². The number of aliphatic imine (C=N–C) groups is 1. The van der Waals surface area contributed by atoms with Gasteiger partial charge in [-0.05, 0) is 36.2 Å². The van der Waals surface area contributed by atoms with Gasteiger partial charge in [-0.2, -0.15) is 0 Å². The van der Waals surface area contributed by atoms with Crippen LogP contribution in [-0.2, 0) is 17.7 Å². The molecule has 0 saturated carbocycles. The van der Waals surface area contributed by atoms with Gasteiger partial charge in [-0.15, -0.1) is 0 Å². The summed E-state index contributed by atoms with van der Waals surface area (Å²) in [7, 11) is 2.05. The van der Waals surface area contributed by atoms with E-state index in [1.165, 1.54) is 0 Å². The maximum Gasteiger partial charge on any atom is 0.193 e. The average Bonchev–Trinajstić information content (AvgIpc) is 3.31. The normalized spacial score (nSPS) is 17.5. The van der Waals surface area contributed by atoms with Crippen LogP contribution in [0, 0.1) is 5.92 Å². The second-order valence-electron chi connectivity index (χ2n) is 6.64. The molecular weight excluding hydrogens is 350 g/mol. The van der Waals surface area contributed by atoms with Gasteiger partial charge in [0.2, 0.25) is 0 Å². The molecule has 1 N–H and O–H groups in total. The van der Waals surface area contributed by atoms with Crippen molar-refractivity contribution < 1.29 is 9.15 Å². The van der Waals surface area contributed by atoms with Crippen LogP contribution in [0.5, 0.6) is 0 Å². The summed E-state index contributed by atoms with van der Waals surface area (Å²) in [5, 5.41) is 4.21. The highest BCUT2D eigenvalue weighted by atomic mass is 35.5.